The fourth-order valence-electron chi connectivity index (χ4n) is 3.27. The van der Waals surface area contributed by atoms with Crippen LogP contribution in [-0.4, -0.2) is 76.1 Å². The maximum Gasteiger partial charge on any atom is 0.509 e. The van der Waals surface area contributed by atoms with Gasteiger partial charge in [-0.2, -0.15) is 0 Å². The minimum atomic E-state index is -1.08. The average Bonchev–Trinajstić information content (AvgIpc) is 2.91. The maximum absolute atomic E-state index is 11.9. The zero-order valence-corrected chi connectivity index (χ0v) is 24.4. The first-order chi connectivity index (χ1) is 18.8. The molecule has 0 aromatic carbocycles. The molecule has 0 amide bonds. The summed E-state index contributed by atoms with van der Waals surface area (Å²) in [7, 11) is 0. The molecule has 0 spiro atoms. The number of carbonyl (C=O) groups excluding carboxylic acids is 4. The van der Waals surface area contributed by atoms with Crippen molar-refractivity contribution in [3.05, 3.63) is 0 Å². The predicted molar refractivity (Wildman–Crippen MR) is 143 cm³/mol. The lowest BCUT2D eigenvalue weighted by Gasteiger charge is -2.13. The van der Waals surface area contributed by atoms with Crippen molar-refractivity contribution in [2.75, 3.05) is 39.6 Å². The lowest BCUT2D eigenvalue weighted by atomic mass is 10.1. The Hall–Kier alpha value is -2.56. The van der Waals surface area contributed by atoms with Crippen LogP contribution in [0.4, 0.5) is 9.59 Å². The Morgan fingerprint density at radius 2 is 0.821 bits per heavy atom. The summed E-state index contributed by atoms with van der Waals surface area (Å²) >= 11 is 0. The van der Waals surface area contributed by atoms with Crippen molar-refractivity contribution in [3.8, 4) is 0 Å². The number of rotatable bonds is 24. The van der Waals surface area contributed by atoms with Crippen LogP contribution in [-0.2, 0) is 42.7 Å². The second kappa shape index (κ2) is 25.7. The Morgan fingerprint density at radius 1 is 0.462 bits per heavy atom. The van der Waals surface area contributed by atoms with Gasteiger partial charge in [-0.05, 0) is 26.7 Å². The molecule has 0 saturated carbocycles. The molecule has 0 N–H and O–H groups in total. The van der Waals surface area contributed by atoms with Crippen LogP contribution in [0.1, 0.15) is 105 Å². The lowest BCUT2D eigenvalue weighted by Crippen LogP contribution is -2.28. The number of hydrogen-bond acceptors (Lipinski definition) is 11. The first kappa shape index (κ1) is 36.4. The Bertz CT molecular complexity index is 599. The highest BCUT2D eigenvalue weighted by atomic mass is 16.7. The lowest BCUT2D eigenvalue weighted by molar-refractivity contribution is -0.154. The Kier molecular flexibility index (Phi) is 24.0. The van der Waals surface area contributed by atoms with Gasteiger partial charge >= 0.3 is 24.2 Å². The van der Waals surface area contributed by atoms with Crippen LogP contribution < -0.4 is 0 Å². The Morgan fingerprint density at radius 3 is 1.21 bits per heavy atom. The van der Waals surface area contributed by atoms with Crippen LogP contribution in [0, 0.1) is 0 Å². The van der Waals surface area contributed by atoms with Gasteiger partial charge in [-0.15, -0.1) is 0 Å². The maximum atomic E-state index is 11.9. The number of hydrogen-bond donors (Lipinski definition) is 0. The van der Waals surface area contributed by atoms with Crippen LogP contribution in [0.2, 0.25) is 0 Å². The molecule has 228 valence electrons. The van der Waals surface area contributed by atoms with E-state index in [1.807, 2.05) is 0 Å². The van der Waals surface area contributed by atoms with E-state index in [0.717, 1.165) is 38.5 Å². The zero-order valence-electron chi connectivity index (χ0n) is 24.4. The first-order valence-electron chi connectivity index (χ1n) is 14.4. The van der Waals surface area contributed by atoms with E-state index in [4.69, 9.17) is 33.2 Å². The summed E-state index contributed by atoms with van der Waals surface area (Å²) in [4.78, 5) is 47.1. The van der Waals surface area contributed by atoms with E-state index in [1.165, 1.54) is 52.4 Å². The summed E-state index contributed by atoms with van der Waals surface area (Å²) in [6.45, 7) is 7.51. The van der Waals surface area contributed by atoms with E-state index in [9.17, 15) is 19.2 Å². The van der Waals surface area contributed by atoms with Gasteiger partial charge in [0.2, 0.25) is 0 Å². The molecular weight excluding hydrogens is 512 g/mol. The third-order valence-electron chi connectivity index (χ3n) is 5.59. The van der Waals surface area contributed by atoms with Gasteiger partial charge in [0.15, 0.2) is 12.2 Å². The van der Waals surface area contributed by atoms with Crippen molar-refractivity contribution in [2.24, 2.45) is 0 Å². The number of carbonyl (C=O) groups is 4. The molecule has 0 rings (SSSR count). The third-order valence-corrected chi connectivity index (χ3v) is 5.59. The molecule has 0 fully saturated rings. The largest absolute Gasteiger partial charge is 0.509 e. The molecule has 0 heterocycles. The average molecular weight is 563 g/mol. The van der Waals surface area contributed by atoms with E-state index in [-0.39, 0.29) is 26.4 Å². The second-order valence-electron chi connectivity index (χ2n) is 9.20. The van der Waals surface area contributed by atoms with Gasteiger partial charge in [-0.3, -0.25) is 0 Å². The van der Waals surface area contributed by atoms with Gasteiger partial charge < -0.3 is 33.2 Å². The molecule has 0 aromatic rings. The molecule has 11 heteroatoms. The molecule has 0 aliphatic rings. The van der Waals surface area contributed by atoms with Crippen LogP contribution in [0.15, 0.2) is 0 Å². The highest BCUT2D eigenvalue weighted by molar-refractivity contribution is 5.77. The summed E-state index contributed by atoms with van der Waals surface area (Å²) in [5, 5.41) is 0. The summed E-state index contributed by atoms with van der Waals surface area (Å²) in [5.41, 5.74) is 0. The zero-order chi connectivity index (χ0) is 29.1. The smallest absolute Gasteiger partial charge is 0.463 e. The van der Waals surface area contributed by atoms with Crippen molar-refractivity contribution in [1.29, 1.82) is 0 Å². The van der Waals surface area contributed by atoms with Gasteiger partial charge in [0.25, 0.3) is 0 Å². The Labute approximate surface area is 233 Å². The predicted octanol–water partition coefficient (Wildman–Crippen LogP) is 5.89. The van der Waals surface area contributed by atoms with E-state index in [2.05, 4.69) is 13.8 Å². The normalized spacial score (nSPS) is 12.2. The number of unbranched alkanes of at least 4 members (excludes halogenated alkanes) is 10. The van der Waals surface area contributed by atoms with Gasteiger partial charge in [-0.1, -0.05) is 78.1 Å². The van der Waals surface area contributed by atoms with Crippen LogP contribution in [0.5, 0.6) is 0 Å². The molecule has 11 nitrogen and oxygen atoms in total. The molecule has 0 saturated heterocycles. The molecule has 2 unspecified atom stereocenters. The molecule has 0 aromatic heterocycles. The molecular formula is C28H50O11. The van der Waals surface area contributed by atoms with Gasteiger partial charge in [-0.25, -0.2) is 19.2 Å². The topological polar surface area (TPSA) is 133 Å². The molecule has 0 aliphatic carbocycles. The van der Waals surface area contributed by atoms with Gasteiger partial charge in [0, 0.05) is 0 Å². The molecule has 39 heavy (non-hydrogen) atoms. The molecule has 2 atom stereocenters. The van der Waals surface area contributed by atoms with Gasteiger partial charge in [0.1, 0.15) is 13.2 Å². The first-order valence-corrected chi connectivity index (χ1v) is 14.4. The molecule has 0 aliphatic heterocycles. The minimum absolute atomic E-state index is 0.0194. The SMILES string of the molecule is CCCCCCCCOC(=O)C(C)OC(=O)OCCOCCOC(=O)OC(C)C(=O)OCCCCCCCC. The van der Waals surface area contributed by atoms with Crippen molar-refractivity contribution in [3.63, 3.8) is 0 Å². The Balaban J connectivity index is 3.71. The van der Waals surface area contributed by atoms with E-state index in [1.54, 1.807) is 0 Å². The fourth-order valence-corrected chi connectivity index (χ4v) is 3.27. The van der Waals surface area contributed by atoms with E-state index in [0.29, 0.717) is 13.2 Å². The summed E-state index contributed by atoms with van der Waals surface area (Å²) in [6, 6.07) is 0. The minimum Gasteiger partial charge on any atom is -0.463 e. The quantitative estimate of drug-likeness (QED) is 0.0791. The van der Waals surface area contributed by atoms with Crippen molar-refractivity contribution >= 4 is 24.2 Å². The molecule has 0 bridgehead atoms. The highest BCUT2D eigenvalue weighted by Gasteiger charge is 2.21. The summed E-state index contributed by atoms with van der Waals surface area (Å²) in [6.07, 6.45) is 8.69. The second-order valence-corrected chi connectivity index (χ2v) is 9.20. The van der Waals surface area contributed by atoms with E-state index < -0.39 is 36.5 Å². The van der Waals surface area contributed by atoms with Gasteiger partial charge in [0.05, 0.1) is 26.4 Å². The van der Waals surface area contributed by atoms with Crippen molar-refractivity contribution in [1.82, 2.24) is 0 Å². The summed E-state index contributed by atoms with van der Waals surface area (Å²) in [5.74, 6) is -1.25. The van der Waals surface area contributed by atoms with Crippen LogP contribution in [0.3, 0.4) is 0 Å². The number of esters is 2. The van der Waals surface area contributed by atoms with Crippen LogP contribution in [0.25, 0.3) is 0 Å². The monoisotopic (exact) mass is 562 g/mol. The molecule has 0 radical (unpaired) electrons. The highest BCUT2D eigenvalue weighted by Crippen LogP contribution is 2.07. The summed E-state index contributed by atoms with van der Waals surface area (Å²) < 4.78 is 34.8. The number of ether oxygens (including phenoxy) is 7. The van der Waals surface area contributed by atoms with Crippen molar-refractivity contribution < 1.29 is 52.3 Å². The van der Waals surface area contributed by atoms with Crippen molar-refractivity contribution in [2.45, 2.75) is 117 Å². The fraction of sp³-hybridized carbons (Fsp3) is 0.857. The van der Waals surface area contributed by atoms with Crippen LogP contribution >= 0.6 is 0 Å². The van der Waals surface area contributed by atoms with E-state index >= 15 is 0 Å². The standard InChI is InChI=1S/C28H50O11/c1-5-7-9-11-13-15-17-34-25(29)23(3)38-27(31)36-21-19-33-20-22-37-28(32)39-24(4)26(30)35-18-16-14-12-10-8-6-2/h23-24H,5-22H2,1-4H3. The third kappa shape index (κ3) is 23.1.